The molecule has 0 aliphatic carbocycles. The van der Waals surface area contributed by atoms with Crippen LogP contribution in [0.25, 0.3) is 0 Å². The fraction of sp³-hybridized carbons (Fsp3) is 0.125. The number of benzene rings is 3. The predicted molar refractivity (Wildman–Crippen MR) is 122 cm³/mol. The van der Waals surface area contributed by atoms with Gasteiger partial charge in [0.25, 0.3) is 0 Å². The molecule has 0 spiro atoms. The summed E-state index contributed by atoms with van der Waals surface area (Å²) >= 11 is 7.85. The Hall–Kier alpha value is -2.41. The molecule has 0 fully saturated rings. The Morgan fingerprint density at radius 3 is 1.50 bits per heavy atom. The maximum atomic E-state index is 12.0. The normalized spacial score (nSPS) is 12.6. The molecule has 0 aliphatic heterocycles. The molecule has 0 aromatic heterocycles. The molecule has 144 valence electrons. The molecule has 2 nitrogen and oxygen atoms in total. The van der Waals surface area contributed by atoms with Gasteiger partial charge in [-0.2, -0.15) is 0 Å². The zero-order valence-corrected chi connectivity index (χ0v) is 17.6. The van der Waals surface area contributed by atoms with Crippen molar-refractivity contribution in [1.82, 2.24) is 0 Å². The average molecular weight is 411 g/mol. The third-order valence-corrected chi connectivity index (χ3v) is 12.4. The van der Waals surface area contributed by atoms with Crippen molar-refractivity contribution in [3.05, 3.63) is 103 Å². The summed E-state index contributed by atoms with van der Waals surface area (Å²) in [5.74, 6) is -3.77. The molecule has 0 saturated carbocycles. The van der Waals surface area contributed by atoms with Gasteiger partial charge in [0.1, 0.15) is 0 Å². The minimum atomic E-state index is -3.37. The van der Waals surface area contributed by atoms with Crippen molar-refractivity contribution in [2.24, 2.45) is 0 Å². The first kappa shape index (κ1) is 20.3. The van der Waals surface area contributed by atoms with Gasteiger partial charge in [0, 0.05) is 0 Å². The molecule has 0 saturated heterocycles. The van der Waals surface area contributed by atoms with Crippen molar-refractivity contribution in [3.63, 3.8) is 0 Å². The van der Waals surface area contributed by atoms with E-state index in [1.54, 1.807) is 6.92 Å². The maximum absolute atomic E-state index is 12.0. The SMILES string of the molecule is C=C(C)C(=O)OCCP(Cl)(c1ccccc1)(c1ccccc1)c1ccccc1. The van der Waals surface area contributed by atoms with Crippen LogP contribution in [0.4, 0.5) is 0 Å². The number of ether oxygens (including phenoxy) is 1. The Morgan fingerprint density at radius 2 is 1.18 bits per heavy atom. The molecule has 0 aliphatic rings. The summed E-state index contributed by atoms with van der Waals surface area (Å²) in [6.07, 6.45) is 0.504. The van der Waals surface area contributed by atoms with Gasteiger partial charge >= 0.3 is 171 Å². The average Bonchev–Trinajstić information content (AvgIpc) is 2.75. The van der Waals surface area contributed by atoms with E-state index >= 15 is 0 Å². The molecule has 0 N–H and O–H groups in total. The van der Waals surface area contributed by atoms with Crippen LogP contribution >= 0.6 is 17.2 Å². The monoisotopic (exact) mass is 410 g/mol. The van der Waals surface area contributed by atoms with Gasteiger partial charge in [-0.25, -0.2) is 0 Å². The van der Waals surface area contributed by atoms with Crippen LogP contribution in [0, 0.1) is 0 Å². The number of carbonyl (C=O) groups excluding carboxylic acids is 1. The molecule has 0 unspecified atom stereocenters. The summed E-state index contributed by atoms with van der Waals surface area (Å²) in [5.41, 5.74) is 0.383. The molecule has 0 radical (unpaired) electrons. The molecule has 0 bridgehead atoms. The standard InChI is InChI=1S/C24H24ClO2P/c1-20(2)24(26)27-18-19-28(25,21-12-6-3-7-13-21,22-14-8-4-9-15-22)23-16-10-5-11-17-23/h3-17H,1,18-19H2,2H3. The van der Waals surface area contributed by atoms with Gasteiger partial charge in [-0.3, -0.25) is 0 Å². The number of hydrogen-bond acceptors (Lipinski definition) is 2. The first-order valence-electron chi connectivity index (χ1n) is 9.19. The molecule has 0 heterocycles. The molecule has 0 atom stereocenters. The summed E-state index contributed by atoms with van der Waals surface area (Å²) in [7, 11) is 0. The van der Waals surface area contributed by atoms with Gasteiger partial charge < -0.3 is 0 Å². The number of hydrogen-bond donors (Lipinski definition) is 0. The number of rotatable bonds is 7. The van der Waals surface area contributed by atoms with Crippen LogP contribution in [0.3, 0.4) is 0 Å². The van der Waals surface area contributed by atoms with E-state index < -0.39 is 11.9 Å². The van der Waals surface area contributed by atoms with Gasteiger partial charge in [0.05, 0.1) is 0 Å². The van der Waals surface area contributed by atoms with Crippen LogP contribution in [0.15, 0.2) is 103 Å². The van der Waals surface area contributed by atoms with E-state index in [0.717, 1.165) is 15.9 Å². The molecular weight excluding hydrogens is 387 g/mol. The van der Waals surface area contributed by atoms with Crippen LogP contribution < -0.4 is 15.9 Å². The summed E-state index contributed by atoms with van der Waals surface area (Å²) in [5, 5.41) is 3.16. The molecule has 3 aromatic carbocycles. The molecule has 0 amide bonds. The third kappa shape index (κ3) is 3.63. The molecule has 3 rings (SSSR count). The Kier molecular flexibility index (Phi) is 6.03. The van der Waals surface area contributed by atoms with Crippen LogP contribution in [0.2, 0.25) is 0 Å². The first-order chi connectivity index (χ1) is 13.5. The van der Waals surface area contributed by atoms with Crippen molar-refractivity contribution < 1.29 is 9.53 Å². The van der Waals surface area contributed by atoms with Crippen LogP contribution in [0.5, 0.6) is 0 Å². The Bertz CT molecular complexity index is 856. The minimum absolute atomic E-state index is 0.214. The summed E-state index contributed by atoms with van der Waals surface area (Å²) in [6, 6.07) is 30.4. The van der Waals surface area contributed by atoms with Crippen LogP contribution in [0.1, 0.15) is 6.92 Å². The van der Waals surface area contributed by atoms with Gasteiger partial charge in [-0.05, 0) is 0 Å². The second kappa shape index (κ2) is 8.31. The van der Waals surface area contributed by atoms with Crippen molar-refractivity contribution in [1.29, 1.82) is 0 Å². The quantitative estimate of drug-likeness (QED) is 0.318. The summed E-state index contributed by atoms with van der Waals surface area (Å²) < 4.78 is 5.50. The van der Waals surface area contributed by atoms with Gasteiger partial charge in [-0.15, -0.1) is 0 Å². The summed E-state index contributed by atoms with van der Waals surface area (Å²) in [4.78, 5) is 12.0. The topological polar surface area (TPSA) is 26.3 Å². The van der Waals surface area contributed by atoms with E-state index in [1.807, 2.05) is 54.6 Å². The zero-order valence-electron chi connectivity index (χ0n) is 15.9. The van der Waals surface area contributed by atoms with E-state index in [2.05, 4.69) is 43.0 Å². The number of carbonyl (C=O) groups is 1. The fourth-order valence-corrected chi connectivity index (χ4v) is 9.19. The molecular formula is C24H24ClO2P. The number of esters is 1. The zero-order chi connectivity index (χ0) is 20.1. The molecule has 28 heavy (non-hydrogen) atoms. The molecule has 3 aromatic rings. The van der Waals surface area contributed by atoms with Crippen molar-refractivity contribution >= 4 is 39.1 Å². The van der Waals surface area contributed by atoms with Gasteiger partial charge in [0.2, 0.25) is 0 Å². The van der Waals surface area contributed by atoms with Crippen molar-refractivity contribution in [2.45, 2.75) is 6.92 Å². The number of halogens is 1. The fourth-order valence-electron chi connectivity index (χ4n) is 3.48. The van der Waals surface area contributed by atoms with Crippen LogP contribution in [-0.2, 0) is 9.53 Å². The van der Waals surface area contributed by atoms with Crippen molar-refractivity contribution in [3.8, 4) is 0 Å². The van der Waals surface area contributed by atoms with E-state index in [0.29, 0.717) is 11.7 Å². The van der Waals surface area contributed by atoms with E-state index in [9.17, 15) is 4.79 Å². The van der Waals surface area contributed by atoms with Gasteiger partial charge in [-0.1, -0.05) is 0 Å². The second-order valence-electron chi connectivity index (χ2n) is 6.83. The predicted octanol–water partition coefficient (Wildman–Crippen LogP) is 4.79. The van der Waals surface area contributed by atoms with Gasteiger partial charge in [0.15, 0.2) is 0 Å². The molecule has 4 heteroatoms. The van der Waals surface area contributed by atoms with E-state index in [4.69, 9.17) is 16.0 Å². The first-order valence-corrected chi connectivity index (χ1v) is 12.5. The summed E-state index contributed by atoms with van der Waals surface area (Å²) in [6.45, 7) is 5.53. The Balaban J connectivity index is 2.21. The Labute approximate surface area is 171 Å². The van der Waals surface area contributed by atoms with Crippen LogP contribution in [-0.4, -0.2) is 18.7 Å². The van der Waals surface area contributed by atoms with E-state index in [-0.39, 0.29) is 6.61 Å². The Morgan fingerprint density at radius 1 is 0.821 bits per heavy atom. The second-order valence-corrected chi connectivity index (χ2v) is 13.4. The van der Waals surface area contributed by atoms with Crippen molar-refractivity contribution in [2.75, 3.05) is 12.8 Å². The van der Waals surface area contributed by atoms with E-state index in [1.165, 1.54) is 0 Å². The third-order valence-electron chi connectivity index (χ3n) is 4.98.